The molecule has 22 heavy (non-hydrogen) atoms. The monoisotopic (exact) mass is 301 g/mol. The Bertz CT molecular complexity index is 830. The number of fused-ring (bicyclic) bond motifs is 1. The number of halogens is 2. The zero-order chi connectivity index (χ0) is 15.9. The van der Waals surface area contributed by atoms with Crippen molar-refractivity contribution >= 4 is 23.2 Å². The number of carboxylic acid groups (broad SMARTS) is 1. The molecule has 2 aromatic carbocycles. The molecule has 1 aliphatic heterocycles. The Labute approximate surface area is 123 Å². The zero-order valence-corrected chi connectivity index (χ0v) is 11.1. The van der Waals surface area contributed by atoms with Crippen LogP contribution < -0.4 is 0 Å². The molecule has 0 amide bonds. The molecule has 1 heterocycles. The quantitative estimate of drug-likeness (QED) is 0.867. The van der Waals surface area contributed by atoms with Crippen molar-refractivity contribution < 1.29 is 23.5 Å². The minimum Gasteiger partial charge on any atom is -0.480 e. The van der Waals surface area contributed by atoms with Crippen molar-refractivity contribution in [3.63, 3.8) is 0 Å². The van der Waals surface area contributed by atoms with Crippen LogP contribution >= 0.6 is 0 Å². The van der Waals surface area contributed by atoms with E-state index in [1.54, 1.807) is 0 Å². The number of benzene rings is 2. The lowest BCUT2D eigenvalue weighted by atomic mass is 9.86. The highest BCUT2D eigenvalue weighted by atomic mass is 19.1. The van der Waals surface area contributed by atoms with Crippen LogP contribution in [0, 0.1) is 17.6 Å². The Balaban J connectivity index is 2.26. The second kappa shape index (κ2) is 5.14. The Morgan fingerprint density at radius 2 is 1.82 bits per heavy atom. The lowest BCUT2D eigenvalue weighted by Gasteiger charge is -2.21. The molecular weight excluding hydrogens is 292 g/mol. The SMILES string of the molecule is O=C(O)C1C(=O)c2cc(F)ccc2N=C1c1ccccc1F. The molecule has 4 nitrogen and oxygen atoms in total. The first-order valence-corrected chi connectivity index (χ1v) is 6.39. The van der Waals surface area contributed by atoms with Crippen LogP contribution in [0.25, 0.3) is 0 Å². The molecule has 1 aliphatic rings. The van der Waals surface area contributed by atoms with E-state index in [0.717, 1.165) is 18.2 Å². The molecule has 1 atom stereocenters. The van der Waals surface area contributed by atoms with Gasteiger partial charge in [0.2, 0.25) is 0 Å². The van der Waals surface area contributed by atoms with Crippen molar-refractivity contribution in [1.82, 2.24) is 0 Å². The highest BCUT2D eigenvalue weighted by Crippen LogP contribution is 2.32. The van der Waals surface area contributed by atoms with Crippen molar-refractivity contribution in [2.75, 3.05) is 0 Å². The molecule has 0 radical (unpaired) electrons. The molecule has 0 bridgehead atoms. The van der Waals surface area contributed by atoms with E-state index in [1.807, 2.05) is 0 Å². The number of hydrogen-bond acceptors (Lipinski definition) is 3. The van der Waals surface area contributed by atoms with Crippen LogP contribution in [0.1, 0.15) is 15.9 Å². The van der Waals surface area contributed by atoms with Crippen molar-refractivity contribution in [1.29, 1.82) is 0 Å². The van der Waals surface area contributed by atoms with Gasteiger partial charge in [0.05, 0.1) is 11.4 Å². The fraction of sp³-hybridized carbons (Fsp3) is 0.0625. The summed E-state index contributed by atoms with van der Waals surface area (Å²) < 4.78 is 27.2. The molecule has 0 spiro atoms. The number of rotatable bonds is 2. The minimum atomic E-state index is -1.66. The average Bonchev–Trinajstić information content (AvgIpc) is 2.48. The van der Waals surface area contributed by atoms with Gasteiger partial charge < -0.3 is 5.11 Å². The van der Waals surface area contributed by atoms with Gasteiger partial charge in [-0.2, -0.15) is 0 Å². The summed E-state index contributed by atoms with van der Waals surface area (Å²) in [7, 11) is 0. The standard InChI is InChI=1S/C16H9F2NO3/c17-8-5-6-12-10(7-8)15(20)13(16(21)22)14(19-12)9-3-1-2-4-11(9)18/h1-7,13H,(H,21,22). The first-order chi connectivity index (χ1) is 10.5. The van der Waals surface area contributed by atoms with Crippen molar-refractivity contribution in [3.8, 4) is 0 Å². The molecule has 0 saturated heterocycles. The maximum atomic E-state index is 13.9. The maximum absolute atomic E-state index is 13.9. The van der Waals surface area contributed by atoms with E-state index in [9.17, 15) is 23.5 Å². The molecule has 1 unspecified atom stereocenters. The van der Waals surface area contributed by atoms with Gasteiger partial charge in [-0.05, 0) is 24.3 Å². The van der Waals surface area contributed by atoms with Gasteiger partial charge in [0.15, 0.2) is 11.7 Å². The summed E-state index contributed by atoms with van der Waals surface area (Å²) in [5, 5.41) is 9.31. The second-order valence-electron chi connectivity index (χ2n) is 4.77. The van der Waals surface area contributed by atoms with Gasteiger partial charge in [-0.3, -0.25) is 14.6 Å². The number of ketones is 1. The summed E-state index contributed by atoms with van der Waals surface area (Å²) in [6.45, 7) is 0. The van der Waals surface area contributed by atoms with Gasteiger partial charge in [0.1, 0.15) is 11.6 Å². The minimum absolute atomic E-state index is 0.0572. The molecular formula is C16H9F2NO3. The van der Waals surface area contributed by atoms with E-state index in [2.05, 4.69) is 4.99 Å². The summed E-state index contributed by atoms with van der Waals surface area (Å²) in [6, 6.07) is 8.79. The van der Waals surface area contributed by atoms with E-state index < -0.39 is 29.3 Å². The number of carbonyl (C=O) groups is 2. The van der Waals surface area contributed by atoms with Gasteiger partial charge in [0, 0.05) is 11.1 Å². The number of Topliss-reactive ketones (excluding diaryl/α,β-unsaturated/α-hetero) is 1. The molecule has 3 rings (SSSR count). The average molecular weight is 301 g/mol. The fourth-order valence-corrected chi connectivity index (χ4v) is 2.39. The topological polar surface area (TPSA) is 66.7 Å². The van der Waals surface area contributed by atoms with E-state index >= 15 is 0 Å². The lowest BCUT2D eigenvalue weighted by molar-refractivity contribution is -0.137. The normalized spacial score (nSPS) is 16.9. The second-order valence-corrected chi connectivity index (χ2v) is 4.77. The number of hydrogen-bond donors (Lipinski definition) is 1. The summed E-state index contributed by atoms with van der Waals surface area (Å²) in [5.41, 5.74) is -0.234. The third-order valence-corrected chi connectivity index (χ3v) is 3.40. The van der Waals surface area contributed by atoms with Crippen LogP contribution in [0.5, 0.6) is 0 Å². The van der Waals surface area contributed by atoms with E-state index in [-0.39, 0.29) is 22.5 Å². The maximum Gasteiger partial charge on any atom is 0.320 e. The predicted octanol–water partition coefficient (Wildman–Crippen LogP) is 2.98. The van der Waals surface area contributed by atoms with E-state index in [0.29, 0.717) is 0 Å². The van der Waals surface area contributed by atoms with Gasteiger partial charge in [0.25, 0.3) is 0 Å². The highest BCUT2D eigenvalue weighted by molar-refractivity contribution is 6.31. The number of carbonyl (C=O) groups excluding carboxylic acids is 1. The van der Waals surface area contributed by atoms with E-state index in [1.165, 1.54) is 24.3 Å². The van der Waals surface area contributed by atoms with E-state index in [4.69, 9.17) is 0 Å². The van der Waals surface area contributed by atoms with Crippen molar-refractivity contribution in [3.05, 3.63) is 65.2 Å². The Hall–Kier alpha value is -2.89. The molecule has 0 saturated carbocycles. The number of nitrogens with zero attached hydrogens (tertiary/aromatic N) is 1. The summed E-state index contributed by atoms with van der Waals surface area (Å²) in [6.07, 6.45) is 0. The van der Waals surface area contributed by atoms with Crippen LogP contribution in [-0.2, 0) is 4.79 Å². The van der Waals surface area contributed by atoms with Gasteiger partial charge in [-0.1, -0.05) is 18.2 Å². The van der Waals surface area contributed by atoms with Crippen LogP contribution in [0.3, 0.4) is 0 Å². The fourth-order valence-electron chi connectivity index (χ4n) is 2.39. The highest BCUT2D eigenvalue weighted by Gasteiger charge is 2.38. The molecule has 110 valence electrons. The molecule has 0 aliphatic carbocycles. The largest absolute Gasteiger partial charge is 0.480 e. The van der Waals surface area contributed by atoms with Gasteiger partial charge >= 0.3 is 5.97 Å². The number of aliphatic carboxylic acids is 1. The van der Waals surface area contributed by atoms with Crippen LogP contribution in [0.4, 0.5) is 14.5 Å². The van der Waals surface area contributed by atoms with Crippen LogP contribution in [0.2, 0.25) is 0 Å². The summed E-state index contributed by atoms with van der Waals surface area (Å²) in [4.78, 5) is 27.9. The molecule has 6 heteroatoms. The molecule has 1 N–H and O–H groups in total. The summed E-state index contributed by atoms with van der Waals surface area (Å²) >= 11 is 0. The Kier molecular flexibility index (Phi) is 3.29. The predicted molar refractivity (Wildman–Crippen MR) is 74.5 cm³/mol. The third kappa shape index (κ3) is 2.18. The molecule has 0 fully saturated rings. The third-order valence-electron chi connectivity index (χ3n) is 3.40. The smallest absolute Gasteiger partial charge is 0.320 e. The van der Waals surface area contributed by atoms with Gasteiger partial charge in [-0.25, -0.2) is 8.78 Å². The Morgan fingerprint density at radius 1 is 1.09 bits per heavy atom. The van der Waals surface area contributed by atoms with Crippen LogP contribution in [-0.4, -0.2) is 22.6 Å². The Morgan fingerprint density at radius 3 is 2.50 bits per heavy atom. The molecule has 0 aromatic heterocycles. The first kappa shape index (κ1) is 14.1. The summed E-state index contributed by atoms with van der Waals surface area (Å²) in [5.74, 6) is -5.27. The van der Waals surface area contributed by atoms with Crippen molar-refractivity contribution in [2.24, 2.45) is 10.9 Å². The first-order valence-electron chi connectivity index (χ1n) is 6.39. The number of carboxylic acids is 1. The van der Waals surface area contributed by atoms with Crippen molar-refractivity contribution in [2.45, 2.75) is 0 Å². The van der Waals surface area contributed by atoms with Gasteiger partial charge in [-0.15, -0.1) is 0 Å². The zero-order valence-electron chi connectivity index (χ0n) is 11.1. The van der Waals surface area contributed by atoms with Crippen LogP contribution in [0.15, 0.2) is 47.5 Å². The number of aliphatic imine (C=N–C) groups is 1. The lowest BCUT2D eigenvalue weighted by Crippen LogP contribution is -2.35. The molecule has 2 aromatic rings.